The van der Waals surface area contributed by atoms with E-state index < -0.39 is 5.97 Å². The lowest BCUT2D eigenvalue weighted by molar-refractivity contribution is -0.132. The molecule has 1 N–H and O–H groups in total. The van der Waals surface area contributed by atoms with E-state index in [2.05, 4.69) is 0 Å². The van der Waals surface area contributed by atoms with Crippen LogP contribution in [0.15, 0.2) is 23.8 Å². The van der Waals surface area contributed by atoms with Gasteiger partial charge < -0.3 is 9.84 Å². The quantitative estimate of drug-likeness (QED) is 0.798. The molecule has 0 atom stereocenters. The van der Waals surface area contributed by atoms with Gasteiger partial charge in [-0.25, -0.2) is 4.79 Å². The normalized spacial score (nSPS) is 14.6. The number of fused-ring (bicyclic) bond motifs is 1. The molecule has 4 heteroatoms. The molecule has 0 fully saturated rings. The summed E-state index contributed by atoms with van der Waals surface area (Å²) in [6.07, 6.45) is 2.03. The number of carboxylic acids is 1. The predicted molar refractivity (Wildman–Crippen MR) is 57.2 cm³/mol. The Morgan fingerprint density at radius 3 is 3.00 bits per heavy atom. The van der Waals surface area contributed by atoms with Crippen molar-refractivity contribution < 1.29 is 14.6 Å². The number of hydrogen-bond acceptors (Lipinski definition) is 2. The van der Waals surface area contributed by atoms with Crippen molar-refractivity contribution in [1.29, 1.82) is 0 Å². The van der Waals surface area contributed by atoms with Crippen LogP contribution in [0.4, 0.5) is 0 Å². The van der Waals surface area contributed by atoms with Gasteiger partial charge >= 0.3 is 5.97 Å². The van der Waals surface area contributed by atoms with Gasteiger partial charge in [-0.1, -0.05) is 11.6 Å². The van der Waals surface area contributed by atoms with Crippen molar-refractivity contribution in [2.75, 3.05) is 6.61 Å². The molecular formula is C11H9ClO3. The third-order valence-corrected chi connectivity index (χ3v) is 2.44. The monoisotopic (exact) mass is 224 g/mol. The topological polar surface area (TPSA) is 46.5 Å². The van der Waals surface area contributed by atoms with Crippen LogP contribution in [0.3, 0.4) is 0 Å². The van der Waals surface area contributed by atoms with Crippen LogP contribution in [0.2, 0.25) is 5.02 Å². The number of halogens is 1. The first-order valence-electron chi connectivity index (χ1n) is 4.53. The molecule has 0 bridgehead atoms. The van der Waals surface area contributed by atoms with Crippen molar-refractivity contribution in [3.05, 3.63) is 34.4 Å². The lowest BCUT2D eigenvalue weighted by Gasteiger charge is -2.05. The van der Waals surface area contributed by atoms with Crippen molar-refractivity contribution in [2.24, 2.45) is 0 Å². The maximum atomic E-state index is 10.8. The fraction of sp³-hybridized carbons (Fsp3) is 0.182. The second-order valence-electron chi connectivity index (χ2n) is 3.26. The number of ether oxygens (including phenoxy) is 1. The summed E-state index contributed by atoms with van der Waals surface area (Å²) < 4.78 is 5.41. The van der Waals surface area contributed by atoms with Crippen molar-refractivity contribution in [3.8, 4) is 5.75 Å². The van der Waals surface area contributed by atoms with E-state index in [1.807, 2.05) is 0 Å². The van der Waals surface area contributed by atoms with Gasteiger partial charge in [0.1, 0.15) is 5.75 Å². The van der Waals surface area contributed by atoms with Crippen LogP contribution in [-0.2, 0) is 4.79 Å². The van der Waals surface area contributed by atoms with Crippen molar-refractivity contribution in [3.63, 3.8) is 0 Å². The summed E-state index contributed by atoms with van der Waals surface area (Å²) in [6.45, 7) is 0.367. The van der Waals surface area contributed by atoms with E-state index in [1.54, 1.807) is 24.3 Å². The highest BCUT2D eigenvalue weighted by Crippen LogP contribution is 2.28. The minimum atomic E-state index is -0.901. The summed E-state index contributed by atoms with van der Waals surface area (Å²) in [5.74, 6) is -0.264. The van der Waals surface area contributed by atoms with Crippen LogP contribution >= 0.6 is 11.6 Å². The molecule has 0 spiro atoms. The van der Waals surface area contributed by atoms with E-state index in [1.165, 1.54) is 0 Å². The van der Waals surface area contributed by atoms with Crippen LogP contribution in [0.5, 0.6) is 5.75 Å². The first-order chi connectivity index (χ1) is 7.16. The number of benzene rings is 1. The molecule has 0 aromatic heterocycles. The fourth-order valence-corrected chi connectivity index (χ4v) is 1.61. The van der Waals surface area contributed by atoms with E-state index in [4.69, 9.17) is 21.4 Å². The summed E-state index contributed by atoms with van der Waals surface area (Å²) in [6, 6.07) is 5.16. The molecule has 1 heterocycles. The Bertz CT molecular complexity index is 437. The molecule has 0 aliphatic carbocycles. The number of aliphatic carboxylic acids is 1. The predicted octanol–water partition coefficient (Wildman–Crippen LogP) is 2.59. The Morgan fingerprint density at radius 1 is 1.47 bits per heavy atom. The Labute approximate surface area is 91.9 Å². The highest BCUT2D eigenvalue weighted by Gasteiger charge is 2.14. The van der Waals surface area contributed by atoms with Gasteiger partial charge in [0.2, 0.25) is 0 Å². The molecule has 15 heavy (non-hydrogen) atoms. The third-order valence-electron chi connectivity index (χ3n) is 2.21. The number of rotatable bonds is 1. The van der Waals surface area contributed by atoms with Gasteiger partial charge in [0.05, 0.1) is 6.61 Å². The van der Waals surface area contributed by atoms with Crippen LogP contribution < -0.4 is 4.74 Å². The Balaban J connectivity index is 2.46. The Morgan fingerprint density at radius 2 is 2.27 bits per heavy atom. The van der Waals surface area contributed by atoms with Crippen LogP contribution in [-0.4, -0.2) is 17.7 Å². The Kier molecular flexibility index (Phi) is 2.64. The summed E-state index contributed by atoms with van der Waals surface area (Å²) >= 11 is 5.81. The van der Waals surface area contributed by atoms with Gasteiger partial charge in [0.15, 0.2) is 0 Å². The van der Waals surface area contributed by atoms with Crippen LogP contribution in [0, 0.1) is 0 Å². The minimum absolute atomic E-state index is 0.357. The second kappa shape index (κ2) is 3.95. The summed E-state index contributed by atoms with van der Waals surface area (Å²) in [5.41, 5.74) is 1.12. The number of carboxylic acid groups (broad SMARTS) is 1. The second-order valence-corrected chi connectivity index (χ2v) is 3.69. The molecular weight excluding hydrogens is 216 g/mol. The van der Waals surface area contributed by atoms with Gasteiger partial charge in [0, 0.05) is 22.6 Å². The zero-order valence-electron chi connectivity index (χ0n) is 7.87. The summed E-state index contributed by atoms with van der Waals surface area (Å²) in [5, 5.41) is 9.48. The molecule has 0 amide bonds. The molecule has 78 valence electrons. The smallest absolute Gasteiger partial charge is 0.331 e. The fourth-order valence-electron chi connectivity index (χ4n) is 1.45. The third kappa shape index (κ3) is 2.13. The highest BCUT2D eigenvalue weighted by atomic mass is 35.5. The van der Waals surface area contributed by atoms with E-state index in [9.17, 15) is 4.79 Å². The summed E-state index contributed by atoms with van der Waals surface area (Å²) in [7, 11) is 0. The zero-order valence-corrected chi connectivity index (χ0v) is 8.62. The number of hydrogen-bond donors (Lipinski definition) is 1. The standard InChI is InChI=1S/C11H9ClO3/c12-9-2-1-7-5-8(11(13)14)3-4-15-10(7)6-9/h1-2,5-6H,3-4H2,(H,13,14). The molecule has 1 aliphatic heterocycles. The lowest BCUT2D eigenvalue weighted by Crippen LogP contribution is -2.03. The van der Waals surface area contributed by atoms with Gasteiger partial charge in [-0.15, -0.1) is 0 Å². The van der Waals surface area contributed by atoms with Crippen molar-refractivity contribution in [2.45, 2.75) is 6.42 Å². The minimum Gasteiger partial charge on any atom is -0.493 e. The zero-order chi connectivity index (χ0) is 10.8. The van der Waals surface area contributed by atoms with Gasteiger partial charge in [0.25, 0.3) is 0 Å². The number of carbonyl (C=O) groups is 1. The van der Waals surface area contributed by atoms with Crippen LogP contribution in [0.25, 0.3) is 6.08 Å². The SMILES string of the molecule is O=C(O)C1=Cc2ccc(Cl)cc2OCC1. The van der Waals surface area contributed by atoms with E-state index in [0.29, 0.717) is 29.4 Å². The molecule has 0 radical (unpaired) electrons. The maximum absolute atomic E-state index is 10.8. The average Bonchev–Trinajstić information content (AvgIpc) is 2.39. The van der Waals surface area contributed by atoms with Gasteiger partial charge in [-0.05, 0) is 24.3 Å². The average molecular weight is 225 g/mol. The van der Waals surface area contributed by atoms with Crippen molar-refractivity contribution in [1.82, 2.24) is 0 Å². The van der Waals surface area contributed by atoms with Gasteiger partial charge in [-0.3, -0.25) is 0 Å². The molecule has 0 saturated carbocycles. The molecule has 1 aromatic rings. The molecule has 0 unspecified atom stereocenters. The Hall–Kier alpha value is -1.48. The molecule has 1 aromatic carbocycles. The molecule has 0 saturated heterocycles. The van der Waals surface area contributed by atoms with E-state index >= 15 is 0 Å². The van der Waals surface area contributed by atoms with E-state index in [0.717, 1.165) is 5.56 Å². The van der Waals surface area contributed by atoms with Crippen LogP contribution in [0.1, 0.15) is 12.0 Å². The maximum Gasteiger partial charge on any atom is 0.331 e. The summed E-state index contributed by atoms with van der Waals surface area (Å²) in [4.78, 5) is 10.8. The van der Waals surface area contributed by atoms with Gasteiger partial charge in [-0.2, -0.15) is 0 Å². The largest absolute Gasteiger partial charge is 0.493 e. The van der Waals surface area contributed by atoms with Crippen molar-refractivity contribution >= 4 is 23.6 Å². The lowest BCUT2D eigenvalue weighted by atomic mass is 10.1. The first kappa shape index (κ1) is 10.1. The molecule has 2 rings (SSSR count). The van der Waals surface area contributed by atoms with E-state index in [-0.39, 0.29) is 0 Å². The molecule has 1 aliphatic rings. The molecule has 3 nitrogen and oxygen atoms in total. The highest BCUT2D eigenvalue weighted by molar-refractivity contribution is 6.30. The first-order valence-corrected chi connectivity index (χ1v) is 4.91.